The molecule has 5 aromatic carbocycles. The molecule has 107 heavy (non-hydrogen) atoms. The van der Waals surface area contributed by atoms with Gasteiger partial charge in [-0.1, -0.05) is 276 Å². The maximum atomic E-state index is 5.01. The normalized spacial score (nSPS) is 8.09. The molecule has 0 atom stereocenters. The maximum Gasteiger partial charge on any atom is 0.213 e. The largest absolute Gasteiger partial charge is 0.452 e. The Morgan fingerprint density at radius 2 is 0.953 bits per heavy atom. The number of hydrogen-bond donors (Lipinski definition) is 4. The van der Waals surface area contributed by atoms with Crippen LogP contribution in [0.2, 0.25) is 0 Å². The second kappa shape index (κ2) is 105. The molecule has 0 fully saturated rings. The number of thiophene rings is 2. The number of anilines is 1. The van der Waals surface area contributed by atoms with Crippen molar-refractivity contribution in [3.8, 4) is 0 Å². The van der Waals surface area contributed by atoms with Gasteiger partial charge in [-0.2, -0.15) is 11.3 Å². The summed E-state index contributed by atoms with van der Waals surface area (Å²) in [6, 6.07) is 56.4. The number of para-hydroxylation sites is 6. The Labute approximate surface area is 662 Å². The number of aromatic amines is 3. The smallest absolute Gasteiger partial charge is 0.213 e. The van der Waals surface area contributed by atoms with E-state index >= 15 is 0 Å². The van der Waals surface area contributed by atoms with Crippen LogP contribution in [0.25, 0.3) is 42.4 Å². The van der Waals surface area contributed by atoms with Crippen LogP contribution in [0.3, 0.4) is 0 Å². The van der Waals surface area contributed by atoms with E-state index in [1.165, 1.54) is 64.2 Å². The maximum absolute atomic E-state index is 5.01. The van der Waals surface area contributed by atoms with Gasteiger partial charge in [0, 0.05) is 65.7 Å². The van der Waals surface area contributed by atoms with Gasteiger partial charge in [-0.05, 0) is 112 Å². The molecule has 11 aromatic heterocycles. The van der Waals surface area contributed by atoms with Crippen molar-refractivity contribution in [1.82, 2.24) is 60.0 Å². The Hall–Kier alpha value is -9.99. The van der Waals surface area contributed by atoms with E-state index in [1.54, 1.807) is 101 Å². The summed E-state index contributed by atoms with van der Waals surface area (Å²) in [4.78, 5) is 39.0. The van der Waals surface area contributed by atoms with Crippen LogP contribution in [0.4, 0.5) is 5.69 Å². The van der Waals surface area contributed by atoms with Crippen molar-refractivity contribution in [2.24, 2.45) is 0 Å². The first kappa shape index (κ1) is 113. The molecular weight excluding hydrogens is 1400 g/mol. The molecule has 590 valence electrons. The number of nitrogens with one attached hydrogen (secondary N) is 4. The van der Waals surface area contributed by atoms with Crippen LogP contribution in [-0.4, -0.2) is 66.5 Å². The topological polar surface area (TPSA) is 215 Å². The van der Waals surface area contributed by atoms with Crippen molar-refractivity contribution >= 4 is 93.5 Å². The summed E-state index contributed by atoms with van der Waals surface area (Å²) in [6.07, 6.45) is 25.5. The molecular formula is C87H135N13O3S4. The molecule has 1 aliphatic heterocycles. The molecule has 0 unspecified atom stereocenters. The number of fused-ring (bicyclic) bond motifs is 5. The number of H-pyrrole nitrogens is 3. The van der Waals surface area contributed by atoms with Gasteiger partial charge < -0.3 is 33.6 Å². The average Bonchev–Trinajstić information content (AvgIpc) is 1.79. The van der Waals surface area contributed by atoms with Gasteiger partial charge in [0.25, 0.3) is 0 Å². The third kappa shape index (κ3) is 68.9. The van der Waals surface area contributed by atoms with E-state index in [2.05, 4.69) is 140 Å². The standard InChI is InChI=1S/C8H9N.C8H6S.C7H6N2.C7H5NO.C7H5NS.C5H5N.C4H5N.C4H4S.C3H4N2.C3H3NO.C3H3NS.C2H2N2O.13C2H6/c2*1-2-4-8-7(3-1)5-6-9-8;3*1-2-4-7-6(3-1)8-5-9-7;1-2-4-6-5-3-1;2*1-2-4-5-3-1;3*1-2-5-3-4-1;1-3-2-5-4-1;13*1-2/h1-4,9H,5-6H2;1-6H;1-5H,(H,8,9);2*1-5H;1-5H;1-5H;1-4H;1-3H,(H,4,5);2*1-3H;1-2H;13*1-2H3. The second-order valence-electron chi connectivity index (χ2n) is 15.2. The summed E-state index contributed by atoms with van der Waals surface area (Å²) >= 11 is 6.78. The van der Waals surface area contributed by atoms with Crippen molar-refractivity contribution < 1.29 is 13.4 Å². The van der Waals surface area contributed by atoms with Crippen LogP contribution >= 0.6 is 45.3 Å². The minimum absolute atomic E-state index is 0.845. The predicted octanol–water partition coefficient (Wildman–Crippen LogP) is 29.7. The van der Waals surface area contributed by atoms with Gasteiger partial charge >= 0.3 is 0 Å². The zero-order valence-electron chi connectivity index (χ0n) is 69.6. The molecule has 0 spiro atoms. The fraction of sp³-hybridized carbons (Fsp3) is 0.322. The zero-order chi connectivity index (χ0) is 82.0. The number of nitrogens with zero attached hydrogens (tertiary/aromatic N) is 9. The number of thiazole rings is 2. The van der Waals surface area contributed by atoms with E-state index in [9.17, 15) is 0 Å². The van der Waals surface area contributed by atoms with E-state index in [-0.39, 0.29) is 0 Å². The lowest BCUT2D eigenvalue weighted by Crippen LogP contribution is -1.90. The molecule has 1 aliphatic rings. The summed E-state index contributed by atoms with van der Waals surface area (Å²) in [5, 5.41) is 16.0. The molecule has 20 heteroatoms. The molecule has 0 radical (unpaired) electrons. The van der Waals surface area contributed by atoms with Crippen LogP contribution < -0.4 is 5.32 Å². The highest BCUT2D eigenvalue weighted by molar-refractivity contribution is 7.17. The molecule has 17 rings (SSSR count). The molecule has 16 nitrogen and oxygen atoms in total. The zero-order valence-corrected chi connectivity index (χ0v) is 72.9. The quantitative estimate of drug-likeness (QED) is 0.111. The van der Waals surface area contributed by atoms with Crippen LogP contribution in [-0.2, 0) is 6.42 Å². The molecule has 0 aliphatic carbocycles. The highest BCUT2D eigenvalue weighted by Crippen LogP contribution is 2.21. The lowest BCUT2D eigenvalue weighted by Gasteiger charge is -1.94. The van der Waals surface area contributed by atoms with Crippen molar-refractivity contribution in [2.45, 2.75) is 186 Å². The van der Waals surface area contributed by atoms with E-state index in [0.717, 1.165) is 34.2 Å². The first-order valence-corrected chi connectivity index (χ1v) is 41.3. The van der Waals surface area contributed by atoms with Crippen molar-refractivity contribution in [1.29, 1.82) is 0 Å². The fourth-order valence-corrected chi connectivity index (χ4v) is 8.43. The number of oxazole rings is 2. The number of aromatic nitrogens is 12. The third-order valence-corrected chi connectivity index (χ3v) is 12.6. The molecule has 16 aromatic rings. The molecule has 0 saturated carbocycles. The molecule has 0 saturated heterocycles. The number of rotatable bonds is 0. The molecule has 0 bridgehead atoms. The van der Waals surface area contributed by atoms with Gasteiger partial charge in [0.15, 0.2) is 24.7 Å². The Balaban J connectivity index is -0.000000163. The summed E-state index contributed by atoms with van der Waals surface area (Å²) in [6.45, 7) is 53.1. The van der Waals surface area contributed by atoms with Crippen molar-refractivity contribution in [3.05, 3.63) is 302 Å². The summed E-state index contributed by atoms with van der Waals surface area (Å²) in [7, 11) is 0. The van der Waals surface area contributed by atoms with E-state index in [1.807, 2.05) is 323 Å². The number of hydrogen-bond acceptors (Lipinski definition) is 17. The van der Waals surface area contributed by atoms with Gasteiger partial charge in [0.1, 0.15) is 11.8 Å². The predicted molar refractivity (Wildman–Crippen MR) is 479 cm³/mol. The van der Waals surface area contributed by atoms with E-state index in [4.69, 9.17) is 4.42 Å². The van der Waals surface area contributed by atoms with Crippen LogP contribution in [0.5, 0.6) is 0 Å². The Morgan fingerprint density at radius 3 is 1.36 bits per heavy atom. The minimum Gasteiger partial charge on any atom is -0.452 e. The van der Waals surface area contributed by atoms with Crippen LogP contribution in [0.15, 0.2) is 310 Å². The Bertz CT molecular complexity index is 3060. The minimum atomic E-state index is 0.845. The first-order chi connectivity index (χ1) is 53.3. The molecule has 12 heterocycles. The third-order valence-electron chi connectivity index (χ3n) is 9.76. The summed E-state index contributed by atoms with van der Waals surface area (Å²) < 4.78 is 16.3. The van der Waals surface area contributed by atoms with Gasteiger partial charge in [0.05, 0.1) is 51.1 Å². The Kier molecular flexibility index (Phi) is 110. The van der Waals surface area contributed by atoms with E-state index in [0.29, 0.717) is 0 Å². The first-order valence-electron chi connectivity index (χ1n) is 37.7. The SMILES string of the molecule is CC.CC.CC.CC.CC.CC.CC.CC.CC.CC.CC.CC.CC.c1c[nH]cn1.c1cc[nH]c1.c1ccc2[nH]cnc2c1.c1ccc2c(c1)CCN2.c1ccc2ocnc2c1.c1ccc2sccc2c1.c1ccc2scnc2c1.c1ccncc1.c1ccsc1.c1cocn1.c1cscn1.c1ncon1. The highest BCUT2D eigenvalue weighted by atomic mass is 32.1. The number of imidazole rings is 2. The molecule has 4 N–H and O–H groups in total. The van der Waals surface area contributed by atoms with Gasteiger partial charge in [-0.3, -0.25) is 9.97 Å². The van der Waals surface area contributed by atoms with Gasteiger partial charge in [0.2, 0.25) is 6.39 Å². The fourth-order valence-electron chi connectivity index (χ4n) is 6.15. The lowest BCUT2D eigenvalue weighted by molar-refractivity contribution is 0.416. The number of pyridine rings is 1. The lowest BCUT2D eigenvalue weighted by atomic mass is 10.2. The second-order valence-corrected chi connectivity index (χ2v) is 18.7. The molecule has 0 amide bonds. The average molecular weight is 1540 g/mol. The monoisotopic (exact) mass is 1540 g/mol. The van der Waals surface area contributed by atoms with Crippen LogP contribution in [0, 0.1) is 0 Å². The van der Waals surface area contributed by atoms with Gasteiger partial charge in [-0.25, -0.2) is 29.9 Å². The Morgan fingerprint density at radius 1 is 0.364 bits per heavy atom. The summed E-state index contributed by atoms with van der Waals surface area (Å²) in [5.74, 6) is 0. The van der Waals surface area contributed by atoms with E-state index < -0.39 is 0 Å². The summed E-state index contributed by atoms with van der Waals surface area (Å²) in [5.41, 5.74) is 11.4. The van der Waals surface area contributed by atoms with Gasteiger partial charge in [-0.15, -0.1) is 34.0 Å². The highest BCUT2D eigenvalue weighted by Gasteiger charge is 2.06. The number of benzene rings is 5. The van der Waals surface area contributed by atoms with Crippen molar-refractivity contribution in [2.75, 3.05) is 11.9 Å². The van der Waals surface area contributed by atoms with Crippen LogP contribution in [0.1, 0.15) is 186 Å². The van der Waals surface area contributed by atoms with Crippen molar-refractivity contribution in [3.63, 3.8) is 0 Å².